The minimum absolute atomic E-state index is 0.0714. The van der Waals surface area contributed by atoms with Gasteiger partial charge in [-0.1, -0.05) is 312 Å². The van der Waals surface area contributed by atoms with Crippen LogP contribution in [0.25, 0.3) is 0 Å². The third-order valence-corrected chi connectivity index (χ3v) is 14.2. The zero-order chi connectivity index (χ0) is 54.3. The zero-order valence-corrected chi connectivity index (χ0v) is 49.8. The maximum atomic E-state index is 12.8. The van der Waals surface area contributed by atoms with E-state index in [4.69, 9.17) is 14.2 Å². The summed E-state index contributed by atoms with van der Waals surface area (Å²) in [5, 5.41) is 0. The smallest absolute Gasteiger partial charge is 0.306 e. The van der Waals surface area contributed by atoms with E-state index < -0.39 is 6.10 Å². The van der Waals surface area contributed by atoms with E-state index in [1.54, 1.807) is 0 Å². The van der Waals surface area contributed by atoms with E-state index in [9.17, 15) is 14.4 Å². The first-order chi connectivity index (χ1) is 37.0. The molecule has 0 fully saturated rings. The largest absolute Gasteiger partial charge is 0.462 e. The molecule has 0 spiro atoms. The first kappa shape index (κ1) is 71.8. The second-order valence-electron chi connectivity index (χ2n) is 21.7. The Morgan fingerprint density at radius 3 is 0.813 bits per heavy atom. The third kappa shape index (κ3) is 61.6. The monoisotopic (exact) mass is 1050 g/mol. The Kier molecular flexibility index (Phi) is 60.7. The Balaban J connectivity index is 4.04. The second-order valence-corrected chi connectivity index (χ2v) is 21.7. The summed E-state index contributed by atoms with van der Waals surface area (Å²) in [4.78, 5) is 38.0. The first-order valence-electron chi connectivity index (χ1n) is 32.4. The van der Waals surface area contributed by atoms with E-state index in [0.29, 0.717) is 19.3 Å². The van der Waals surface area contributed by atoms with E-state index in [0.717, 1.165) is 96.3 Å². The number of unbranched alkanes of at least 4 members (excludes halogenated alkanes) is 36. The summed E-state index contributed by atoms with van der Waals surface area (Å²) in [7, 11) is 0. The fraction of sp³-hybridized carbons (Fsp3) is 0.783. The van der Waals surface area contributed by atoms with Gasteiger partial charge in [-0.2, -0.15) is 0 Å². The molecule has 0 aromatic carbocycles. The normalized spacial score (nSPS) is 12.5. The number of hydrogen-bond acceptors (Lipinski definition) is 6. The number of hydrogen-bond donors (Lipinski definition) is 0. The van der Waals surface area contributed by atoms with Gasteiger partial charge < -0.3 is 14.2 Å². The Labute approximate surface area is 465 Å². The van der Waals surface area contributed by atoms with Gasteiger partial charge in [0, 0.05) is 19.3 Å². The van der Waals surface area contributed by atoms with Gasteiger partial charge in [0.15, 0.2) is 6.10 Å². The lowest BCUT2D eigenvalue weighted by Crippen LogP contribution is -2.30. The minimum Gasteiger partial charge on any atom is -0.462 e. The van der Waals surface area contributed by atoms with Crippen molar-refractivity contribution in [3.05, 3.63) is 72.9 Å². The molecular formula is C69H122O6. The highest BCUT2D eigenvalue weighted by Crippen LogP contribution is 2.17. The van der Waals surface area contributed by atoms with E-state index >= 15 is 0 Å². The van der Waals surface area contributed by atoms with Crippen molar-refractivity contribution < 1.29 is 28.6 Å². The summed E-state index contributed by atoms with van der Waals surface area (Å²) in [6.45, 7) is 6.51. The molecule has 0 aliphatic carbocycles. The first-order valence-corrected chi connectivity index (χ1v) is 32.4. The molecule has 434 valence electrons. The standard InChI is InChI=1S/C69H122O6/c1-4-7-10-13-16-18-20-22-24-26-28-30-31-32-33-34-35-36-37-38-39-40-42-43-45-47-49-51-53-56-59-62-68(71)74-65-66(64-73-67(70)61-58-55-15-12-9-6-3)75-69(72)63-60-57-54-52-50-48-46-44-41-29-27-25-23-21-19-17-14-11-8-5-2/h7,10,16,18,22,24,28,30,32-33,35-36,66H,4-6,8-9,11-15,17,19-21,23,25-27,29,31,34,37-65H2,1-3H3/b10-7-,18-16-,24-22-,30-28-,33-32-,36-35-. The van der Waals surface area contributed by atoms with E-state index in [-0.39, 0.29) is 31.1 Å². The van der Waals surface area contributed by atoms with Gasteiger partial charge in [-0.15, -0.1) is 0 Å². The van der Waals surface area contributed by atoms with Crippen LogP contribution in [0.1, 0.15) is 329 Å². The van der Waals surface area contributed by atoms with Crippen LogP contribution in [-0.2, 0) is 28.6 Å². The third-order valence-electron chi connectivity index (χ3n) is 14.2. The molecule has 0 aliphatic rings. The SMILES string of the molecule is CC/C=C\C/C=C\C/C=C\C/C=C\C/C=C\C/C=C\CCCCCCCCCCCCCCC(=O)OCC(COC(=O)CCCCCCCC)OC(=O)CCCCCCCCCCCCCCCCCCCCCC. The number of carbonyl (C=O) groups is 3. The van der Waals surface area contributed by atoms with E-state index in [1.807, 2.05) is 0 Å². The molecule has 0 heterocycles. The molecule has 1 unspecified atom stereocenters. The lowest BCUT2D eigenvalue weighted by atomic mass is 10.0. The summed E-state index contributed by atoms with van der Waals surface area (Å²) in [5.74, 6) is -0.866. The summed E-state index contributed by atoms with van der Waals surface area (Å²) >= 11 is 0. The highest BCUT2D eigenvalue weighted by molar-refractivity contribution is 5.71. The van der Waals surface area contributed by atoms with Gasteiger partial charge in [0.1, 0.15) is 13.2 Å². The van der Waals surface area contributed by atoms with Gasteiger partial charge >= 0.3 is 17.9 Å². The van der Waals surface area contributed by atoms with Crippen LogP contribution in [-0.4, -0.2) is 37.2 Å². The highest BCUT2D eigenvalue weighted by Gasteiger charge is 2.19. The Hall–Kier alpha value is -3.15. The zero-order valence-electron chi connectivity index (χ0n) is 49.8. The van der Waals surface area contributed by atoms with Gasteiger partial charge in [0.25, 0.3) is 0 Å². The highest BCUT2D eigenvalue weighted by atomic mass is 16.6. The van der Waals surface area contributed by atoms with Crippen LogP contribution in [0.2, 0.25) is 0 Å². The number of rotatable bonds is 59. The number of esters is 3. The second kappa shape index (κ2) is 63.4. The van der Waals surface area contributed by atoms with Gasteiger partial charge in [0.05, 0.1) is 0 Å². The van der Waals surface area contributed by atoms with Gasteiger partial charge in [-0.3, -0.25) is 14.4 Å². The van der Waals surface area contributed by atoms with Crippen molar-refractivity contribution in [2.24, 2.45) is 0 Å². The van der Waals surface area contributed by atoms with Gasteiger partial charge in [-0.05, 0) is 70.6 Å². The predicted molar refractivity (Wildman–Crippen MR) is 325 cm³/mol. The van der Waals surface area contributed by atoms with Crippen molar-refractivity contribution >= 4 is 17.9 Å². The van der Waals surface area contributed by atoms with Crippen LogP contribution in [0.3, 0.4) is 0 Å². The molecule has 0 N–H and O–H groups in total. The summed E-state index contributed by atoms with van der Waals surface area (Å²) in [6.07, 6.45) is 82.4. The number of ether oxygens (including phenoxy) is 3. The molecule has 0 aliphatic heterocycles. The molecule has 6 nitrogen and oxygen atoms in total. The van der Waals surface area contributed by atoms with Crippen molar-refractivity contribution in [1.82, 2.24) is 0 Å². The molecule has 0 saturated heterocycles. The van der Waals surface area contributed by atoms with Crippen LogP contribution in [0.4, 0.5) is 0 Å². The fourth-order valence-corrected chi connectivity index (χ4v) is 9.39. The molecule has 0 aromatic rings. The summed E-state index contributed by atoms with van der Waals surface area (Å²) < 4.78 is 16.8. The molecule has 75 heavy (non-hydrogen) atoms. The summed E-state index contributed by atoms with van der Waals surface area (Å²) in [5.41, 5.74) is 0. The molecule has 0 rings (SSSR count). The topological polar surface area (TPSA) is 78.9 Å². The Bertz CT molecular complexity index is 1390. The van der Waals surface area contributed by atoms with E-state index in [1.165, 1.54) is 193 Å². The minimum atomic E-state index is -0.770. The molecule has 1 atom stereocenters. The average molecular weight is 1050 g/mol. The maximum absolute atomic E-state index is 12.8. The van der Waals surface area contributed by atoms with Crippen LogP contribution >= 0.6 is 0 Å². The molecule has 0 saturated carbocycles. The molecule has 0 amide bonds. The molecular weight excluding hydrogens is 925 g/mol. The maximum Gasteiger partial charge on any atom is 0.306 e. The van der Waals surface area contributed by atoms with Crippen LogP contribution < -0.4 is 0 Å². The predicted octanol–water partition coefficient (Wildman–Crippen LogP) is 22.1. The van der Waals surface area contributed by atoms with Crippen molar-refractivity contribution in [1.29, 1.82) is 0 Å². The quantitative estimate of drug-likeness (QED) is 0.0261. The average Bonchev–Trinajstić information content (AvgIpc) is 3.41. The van der Waals surface area contributed by atoms with E-state index in [2.05, 4.69) is 93.7 Å². The Morgan fingerprint density at radius 2 is 0.520 bits per heavy atom. The Morgan fingerprint density at radius 1 is 0.280 bits per heavy atom. The molecule has 0 bridgehead atoms. The van der Waals surface area contributed by atoms with Crippen molar-refractivity contribution in [2.45, 2.75) is 335 Å². The van der Waals surface area contributed by atoms with Crippen molar-refractivity contribution in [3.8, 4) is 0 Å². The lowest BCUT2D eigenvalue weighted by molar-refractivity contribution is -0.167. The van der Waals surface area contributed by atoms with Gasteiger partial charge in [-0.25, -0.2) is 0 Å². The van der Waals surface area contributed by atoms with Crippen LogP contribution in [0.5, 0.6) is 0 Å². The molecule has 0 aromatic heterocycles. The number of carbonyl (C=O) groups excluding carboxylic acids is 3. The molecule has 6 heteroatoms. The van der Waals surface area contributed by atoms with Gasteiger partial charge in [0.2, 0.25) is 0 Å². The fourth-order valence-electron chi connectivity index (χ4n) is 9.39. The lowest BCUT2D eigenvalue weighted by Gasteiger charge is -2.18. The van der Waals surface area contributed by atoms with Crippen molar-refractivity contribution in [3.63, 3.8) is 0 Å². The molecule has 0 radical (unpaired) electrons. The van der Waals surface area contributed by atoms with Crippen molar-refractivity contribution in [2.75, 3.05) is 13.2 Å². The van der Waals surface area contributed by atoms with Crippen LogP contribution in [0, 0.1) is 0 Å². The number of allylic oxidation sites excluding steroid dienone is 12. The van der Waals surface area contributed by atoms with Crippen LogP contribution in [0.15, 0.2) is 72.9 Å². The summed E-state index contributed by atoms with van der Waals surface area (Å²) in [6, 6.07) is 0.